The molecule has 0 unspecified atom stereocenters. The summed E-state index contributed by atoms with van der Waals surface area (Å²) in [5.41, 5.74) is -1.27. The lowest BCUT2D eigenvalue weighted by Crippen LogP contribution is -2.22. The van der Waals surface area contributed by atoms with Crippen LogP contribution in [0.3, 0.4) is 0 Å². The van der Waals surface area contributed by atoms with E-state index in [4.69, 9.17) is 0 Å². The van der Waals surface area contributed by atoms with Gasteiger partial charge in [-0.15, -0.1) is 0 Å². The zero-order valence-corrected chi connectivity index (χ0v) is 9.99. The highest BCUT2D eigenvalue weighted by molar-refractivity contribution is 5.75. The number of ether oxygens (including phenoxy) is 1. The molecule has 0 fully saturated rings. The summed E-state index contributed by atoms with van der Waals surface area (Å²) in [4.78, 5) is 11.1. The number of halogens is 5. The van der Waals surface area contributed by atoms with Crippen molar-refractivity contribution in [1.82, 2.24) is 0 Å². The van der Waals surface area contributed by atoms with Crippen LogP contribution in [0.25, 0.3) is 0 Å². The first-order valence-corrected chi connectivity index (χ1v) is 5.20. The van der Waals surface area contributed by atoms with Gasteiger partial charge in [-0.25, -0.2) is 22.0 Å². The normalized spacial score (nSPS) is 10.7. The van der Waals surface area contributed by atoms with Gasteiger partial charge in [-0.2, -0.15) is 0 Å². The van der Waals surface area contributed by atoms with E-state index in [2.05, 4.69) is 4.74 Å². The number of hydrogen-bond acceptors (Lipinski definition) is 3. The maximum atomic E-state index is 13.2. The van der Waals surface area contributed by atoms with Gasteiger partial charge in [-0.05, 0) is 13.8 Å². The van der Waals surface area contributed by atoms with Crippen LogP contribution in [0.15, 0.2) is 0 Å². The molecule has 0 spiro atoms. The fourth-order valence-corrected chi connectivity index (χ4v) is 1.23. The van der Waals surface area contributed by atoms with Gasteiger partial charge in [0.15, 0.2) is 23.3 Å². The minimum Gasteiger partial charge on any atom is -0.462 e. The topological polar surface area (TPSA) is 38.3 Å². The predicted molar refractivity (Wildman–Crippen MR) is 55.9 cm³/mol. The quantitative estimate of drug-likeness (QED) is 0.399. The van der Waals surface area contributed by atoms with Crippen molar-refractivity contribution >= 4 is 11.7 Å². The Morgan fingerprint density at radius 2 is 1.42 bits per heavy atom. The molecule has 0 aliphatic heterocycles. The average molecular weight is 283 g/mol. The first-order chi connectivity index (χ1) is 8.75. The lowest BCUT2D eigenvalue weighted by Gasteiger charge is -2.11. The van der Waals surface area contributed by atoms with E-state index in [-0.39, 0.29) is 0 Å². The second-order valence-electron chi connectivity index (χ2n) is 3.84. The van der Waals surface area contributed by atoms with E-state index in [0.717, 1.165) is 0 Å². The first-order valence-electron chi connectivity index (χ1n) is 5.20. The van der Waals surface area contributed by atoms with E-state index in [1.807, 2.05) is 5.32 Å². The molecule has 0 radical (unpaired) electrons. The molecule has 0 amide bonds. The third-order valence-corrected chi connectivity index (χ3v) is 1.99. The van der Waals surface area contributed by atoms with Gasteiger partial charge in [0.1, 0.15) is 12.2 Å². The van der Waals surface area contributed by atoms with E-state index in [1.54, 1.807) is 0 Å². The zero-order chi connectivity index (χ0) is 14.7. The van der Waals surface area contributed by atoms with Gasteiger partial charge < -0.3 is 10.1 Å². The molecular weight excluding hydrogens is 273 g/mol. The number of hydrogen-bond donors (Lipinski definition) is 1. The number of benzene rings is 1. The van der Waals surface area contributed by atoms with Crippen LogP contribution in [0, 0.1) is 29.1 Å². The van der Waals surface area contributed by atoms with Crippen LogP contribution in [0.5, 0.6) is 0 Å². The van der Waals surface area contributed by atoms with Crippen LogP contribution < -0.4 is 5.32 Å². The lowest BCUT2D eigenvalue weighted by atomic mass is 10.2. The Kier molecular flexibility index (Phi) is 4.68. The van der Waals surface area contributed by atoms with Crippen molar-refractivity contribution in [3.63, 3.8) is 0 Å². The molecule has 0 atom stereocenters. The summed E-state index contributed by atoms with van der Waals surface area (Å²) >= 11 is 0. The maximum Gasteiger partial charge on any atom is 0.325 e. The number of rotatable bonds is 4. The Labute approximate surface area is 105 Å². The Morgan fingerprint density at radius 1 is 1.00 bits per heavy atom. The number of nitrogens with one attached hydrogen (secondary N) is 1. The molecule has 0 saturated carbocycles. The van der Waals surface area contributed by atoms with E-state index >= 15 is 0 Å². The molecule has 0 bridgehead atoms. The predicted octanol–water partition coefficient (Wildman–Crippen LogP) is 2.75. The fourth-order valence-electron chi connectivity index (χ4n) is 1.23. The van der Waals surface area contributed by atoms with Crippen molar-refractivity contribution in [2.75, 3.05) is 11.9 Å². The summed E-state index contributed by atoms with van der Waals surface area (Å²) in [5, 5.41) is 1.82. The highest BCUT2D eigenvalue weighted by atomic mass is 19.2. The Balaban J connectivity index is 2.94. The van der Waals surface area contributed by atoms with Gasteiger partial charge >= 0.3 is 5.97 Å². The van der Waals surface area contributed by atoms with Gasteiger partial charge in [0.25, 0.3) is 0 Å². The highest BCUT2D eigenvalue weighted by Crippen LogP contribution is 2.26. The standard InChI is InChI=1S/C11H10F5NO2/c1-4(2)19-5(18)3-17-11-9(15)7(13)6(12)8(14)10(11)16/h4,17H,3H2,1-2H3. The summed E-state index contributed by atoms with van der Waals surface area (Å²) in [6.07, 6.45) is -0.467. The van der Waals surface area contributed by atoms with Crippen LogP contribution >= 0.6 is 0 Å². The van der Waals surface area contributed by atoms with Crippen molar-refractivity contribution in [2.45, 2.75) is 20.0 Å². The molecule has 19 heavy (non-hydrogen) atoms. The molecule has 0 aromatic heterocycles. The lowest BCUT2D eigenvalue weighted by molar-refractivity contribution is -0.145. The van der Waals surface area contributed by atoms with Crippen LogP contribution in [-0.4, -0.2) is 18.6 Å². The van der Waals surface area contributed by atoms with Gasteiger partial charge in [-0.1, -0.05) is 0 Å². The molecule has 106 valence electrons. The SMILES string of the molecule is CC(C)OC(=O)CNc1c(F)c(F)c(F)c(F)c1F. The minimum absolute atomic E-state index is 0.467. The van der Waals surface area contributed by atoms with Crippen LogP contribution in [0.4, 0.5) is 27.6 Å². The van der Waals surface area contributed by atoms with Crippen LogP contribution in [-0.2, 0) is 9.53 Å². The third kappa shape index (κ3) is 3.33. The van der Waals surface area contributed by atoms with E-state index in [0.29, 0.717) is 0 Å². The summed E-state index contributed by atoms with van der Waals surface area (Å²) in [5.74, 6) is -11.4. The zero-order valence-electron chi connectivity index (χ0n) is 9.99. The van der Waals surface area contributed by atoms with E-state index in [1.165, 1.54) is 13.8 Å². The first kappa shape index (κ1) is 15.2. The molecule has 0 aliphatic carbocycles. The van der Waals surface area contributed by atoms with Crippen molar-refractivity contribution in [2.24, 2.45) is 0 Å². The molecule has 8 heteroatoms. The molecular formula is C11H10F5NO2. The van der Waals surface area contributed by atoms with Crippen molar-refractivity contribution < 1.29 is 31.5 Å². The molecule has 3 nitrogen and oxygen atoms in total. The summed E-state index contributed by atoms with van der Waals surface area (Å²) < 4.78 is 69.3. The second-order valence-corrected chi connectivity index (χ2v) is 3.84. The van der Waals surface area contributed by atoms with Crippen molar-refractivity contribution in [1.29, 1.82) is 0 Å². The number of carbonyl (C=O) groups is 1. The molecule has 0 saturated heterocycles. The highest BCUT2D eigenvalue weighted by Gasteiger charge is 2.26. The third-order valence-electron chi connectivity index (χ3n) is 1.99. The second kappa shape index (κ2) is 5.85. The van der Waals surface area contributed by atoms with Crippen molar-refractivity contribution in [3.8, 4) is 0 Å². The summed E-state index contributed by atoms with van der Waals surface area (Å²) in [6.45, 7) is 2.35. The molecule has 1 aromatic rings. The summed E-state index contributed by atoms with van der Waals surface area (Å²) in [6, 6.07) is 0. The largest absolute Gasteiger partial charge is 0.462 e. The molecule has 1 aromatic carbocycles. The minimum atomic E-state index is -2.26. The van der Waals surface area contributed by atoms with Gasteiger partial charge in [0.2, 0.25) is 5.82 Å². The Morgan fingerprint density at radius 3 is 1.84 bits per heavy atom. The molecule has 0 heterocycles. The van der Waals surface area contributed by atoms with Gasteiger partial charge in [-0.3, -0.25) is 4.79 Å². The van der Waals surface area contributed by atoms with Gasteiger partial charge in [0.05, 0.1) is 6.10 Å². The molecule has 1 rings (SSSR count). The van der Waals surface area contributed by atoms with Crippen molar-refractivity contribution in [3.05, 3.63) is 29.1 Å². The van der Waals surface area contributed by atoms with Crippen LogP contribution in [0.2, 0.25) is 0 Å². The van der Waals surface area contributed by atoms with E-state index < -0.39 is 53.4 Å². The number of esters is 1. The molecule has 0 aliphatic rings. The van der Waals surface area contributed by atoms with Gasteiger partial charge in [0, 0.05) is 0 Å². The Hall–Kier alpha value is -1.86. The van der Waals surface area contributed by atoms with Crippen LogP contribution in [0.1, 0.15) is 13.8 Å². The maximum absolute atomic E-state index is 13.2. The monoisotopic (exact) mass is 283 g/mol. The Bertz CT molecular complexity index is 475. The molecule has 1 N–H and O–H groups in total. The summed E-state index contributed by atoms with van der Waals surface area (Å²) in [7, 11) is 0. The smallest absolute Gasteiger partial charge is 0.325 e. The van der Waals surface area contributed by atoms with E-state index in [9.17, 15) is 26.7 Å². The average Bonchev–Trinajstić information content (AvgIpc) is 2.33. The number of anilines is 1. The fraction of sp³-hybridized carbons (Fsp3) is 0.364. The number of carbonyl (C=O) groups excluding carboxylic acids is 1.